The van der Waals surface area contributed by atoms with Crippen LogP contribution in [0.4, 0.5) is 0 Å². The molecule has 1 heterocycles. The summed E-state index contributed by atoms with van der Waals surface area (Å²) in [6.45, 7) is 5.95. The zero-order valence-electron chi connectivity index (χ0n) is 15.3. The van der Waals surface area contributed by atoms with Crippen molar-refractivity contribution in [3.05, 3.63) is 42.0 Å². The van der Waals surface area contributed by atoms with Gasteiger partial charge in [-0.3, -0.25) is 0 Å². The predicted octanol–water partition coefficient (Wildman–Crippen LogP) is 2.14. The number of benzene rings is 1. The van der Waals surface area contributed by atoms with Crippen LogP contribution in [-0.4, -0.2) is 40.4 Å². The van der Waals surface area contributed by atoms with Gasteiger partial charge < -0.3 is 5.11 Å². The molecular weight excluding hydrogens is 352 g/mol. The maximum absolute atomic E-state index is 12.6. The van der Waals surface area contributed by atoms with Crippen LogP contribution in [0.3, 0.4) is 0 Å². The van der Waals surface area contributed by atoms with Crippen molar-refractivity contribution in [2.24, 2.45) is 0 Å². The number of hydrogen-bond donors (Lipinski definition) is 2. The molecule has 3 rings (SSSR count). The van der Waals surface area contributed by atoms with Crippen LogP contribution in [0.15, 0.2) is 35.2 Å². The molecule has 2 aromatic rings. The predicted molar refractivity (Wildman–Crippen MR) is 98.3 cm³/mol. The molecule has 142 valence electrons. The lowest BCUT2D eigenvalue weighted by Gasteiger charge is -2.33. The van der Waals surface area contributed by atoms with Crippen molar-refractivity contribution < 1.29 is 13.5 Å². The number of hydrogen-bond acceptors (Lipinski definition) is 5. The van der Waals surface area contributed by atoms with E-state index in [1.807, 2.05) is 25.5 Å². The van der Waals surface area contributed by atoms with Gasteiger partial charge in [-0.05, 0) is 52.2 Å². The van der Waals surface area contributed by atoms with E-state index in [1.165, 1.54) is 0 Å². The molecule has 0 unspecified atom stereocenters. The van der Waals surface area contributed by atoms with Gasteiger partial charge in [0.05, 0.1) is 11.0 Å². The number of aryl methyl sites for hydroxylation is 1. The van der Waals surface area contributed by atoms with Gasteiger partial charge >= 0.3 is 0 Å². The Balaban J connectivity index is 1.81. The fourth-order valence-electron chi connectivity index (χ4n) is 3.49. The highest BCUT2D eigenvalue weighted by molar-refractivity contribution is 7.89. The van der Waals surface area contributed by atoms with Crippen molar-refractivity contribution in [1.29, 1.82) is 0 Å². The fraction of sp³-hybridized carbons (Fsp3) is 0.556. The normalized spacial score (nSPS) is 24.1. The summed E-state index contributed by atoms with van der Waals surface area (Å²) in [6.07, 6.45) is 1.07. The molecule has 2 N–H and O–H groups in total. The smallest absolute Gasteiger partial charge is 0.240 e. The van der Waals surface area contributed by atoms with Crippen molar-refractivity contribution in [2.45, 2.75) is 69.0 Å². The second kappa shape index (κ2) is 7.46. The van der Waals surface area contributed by atoms with Crippen LogP contribution in [0.2, 0.25) is 0 Å². The molecule has 8 heteroatoms. The second-order valence-electron chi connectivity index (χ2n) is 7.17. The summed E-state index contributed by atoms with van der Waals surface area (Å²) in [5.74, 6) is 1.64. The molecule has 0 aliphatic heterocycles. The fourth-order valence-corrected chi connectivity index (χ4v) is 4.79. The van der Waals surface area contributed by atoms with Crippen LogP contribution >= 0.6 is 0 Å². The third kappa shape index (κ3) is 3.97. The molecule has 1 fully saturated rings. The van der Waals surface area contributed by atoms with Crippen molar-refractivity contribution >= 4 is 10.0 Å². The SMILES string of the molecule is Cc1nc([C@H]2CC[C@@H](O)[C@H](NS(=O)(=O)c3ccccc3)C2)n(C(C)C)n1. The van der Waals surface area contributed by atoms with Crippen molar-refractivity contribution in [3.63, 3.8) is 0 Å². The highest BCUT2D eigenvalue weighted by atomic mass is 32.2. The summed E-state index contributed by atoms with van der Waals surface area (Å²) in [5.41, 5.74) is 0. The summed E-state index contributed by atoms with van der Waals surface area (Å²) in [4.78, 5) is 4.77. The maximum atomic E-state index is 12.6. The Kier molecular flexibility index (Phi) is 5.45. The van der Waals surface area contributed by atoms with Crippen LogP contribution in [-0.2, 0) is 10.0 Å². The molecule has 0 radical (unpaired) electrons. The van der Waals surface area contributed by atoms with Crippen LogP contribution in [0.1, 0.15) is 56.7 Å². The van der Waals surface area contributed by atoms with Crippen molar-refractivity contribution in [1.82, 2.24) is 19.5 Å². The second-order valence-corrected chi connectivity index (χ2v) is 8.89. The molecule has 1 aliphatic carbocycles. The molecule has 7 nitrogen and oxygen atoms in total. The quantitative estimate of drug-likeness (QED) is 0.831. The third-order valence-electron chi connectivity index (χ3n) is 4.79. The van der Waals surface area contributed by atoms with Crippen LogP contribution < -0.4 is 4.72 Å². The molecule has 1 aromatic carbocycles. The van der Waals surface area contributed by atoms with E-state index in [9.17, 15) is 13.5 Å². The van der Waals surface area contributed by atoms with E-state index in [1.54, 1.807) is 30.3 Å². The first-order valence-corrected chi connectivity index (χ1v) is 10.4. The molecule has 1 aromatic heterocycles. The van der Waals surface area contributed by atoms with Crippen molar-refractivity contribution in [3.8, 4) is 0 Å². The van der Waals surface area contributed by atoms with Crippen LogP contribution in [0.25, 0.3) is 0 Å². The Hall–Kier alpha value is -1.77. The lowest BCUT2D eigenvalue weighted by molar-refractivity contribution is 0.0912. The van der Waals surface area contributed by atoms with E-state index in [0.717, 1.165) is 12.2 Å². The van der Waals surface area contributed by atoms with Gasteiger partial charge in [-0.15, -0.1) is 0 Å². The lowest BCUT2D eigenvalue weighted by atomic mass is 9.83. The van der Waals surface area contributed by atoms with Gasteiger partial charge in [0.1, 0.15) is 11.6 Å². The number of aliphatic hydroxyl groups is 1. The Morgan fingerprint density at radius 3 is 2.58 bits per heavy atom. The molecule has 0 amide bonds. The molecule has 3 atom stereocenters. The van der Waals surface area contributed by atoms with Gasteiger partial charge in [-0.2, -0.15) is 5.10 Å². The van der Waals surface area contributed by atoms with Crippen molar-refractivity contribution in [2.75, 3.05) is 0 Å². The molecule has 1 aliphatic rings. The Bertz CT molecular complexity index is 849. The average molecular weight is 378 g/mol. The van der Waals surface area contributed by atoms with Gasteiger partial charge in [-0.1, -0.05) is 18.2 Å². The molecule has 0 spiro atoms. The van der Waals surface area contributed by atoms with E-state index >= 15 is 0 Å². The molecule has 1 saturated carbocycles. The first-order chi connectivity index (χ1) is 12.3. The van der Waals surface area contributed by atoms with Gasteiger partial charge in [0.25, 0.3) is 0 Å². The summed E-state index contributed by atoms with van der Waals surface area (Å²) in [7, 11) is -3.67. The minimum atomic E-state index is -3.67. The Morgan fingerprint density at radius 2 is 1.92 bits per heavy atom. The summed E-state index contributed by atoms with van der Waals surface area (Å²) >= 11 is 0. The standard InChI is InChI=1S/C18H26N4O3S/c1-12(2)22-18(19-13(3)20-22)14-9-10-17(23)16(11-14)21-26(24,25)15-7-5-4-6-8-15/h4-8,12,14,16-17,21,23H,9-11H2,1-3H3/t14-,16+,17+/m0/s1. The van der Waals surface area contributed by atoms with E-state index < -0.39 is 22.2 Å². The monoisotopic (exact) mass is 378 g/mol. The number of aliphatic hydroxyl groups excluding tert-OH is 1. The third-order valence-corrected chi connectivity index (χ3v) is 6.30. The van der Waals surface area contributed by atoms with Gasteiger partial charge in [-0.25, -0.2) is 22.8 Å². The molecule has 0 saturated heterocycles. The van der Waals surface area contributed by atoms with E-state index in [4.69, 9.17) is 0 Å². The highest BCUT2D eigenvalue weighted by Crippen LogP contribution is 2.34. The van der Waals surface area contributed by atoms with E-state index in [0.29, 0.717) is 18.7 Å². The molecular formula is C18H26N4O3S. The number of nitrogens with one attached hydrogen (secondary N) is 1. The summed E-state index contributed by atoms with van der Waals surface area (Å²) in [6, 6.07) is 7.87. The van der Waals surface area contributed by atoms with Gasteiger partial charge in [0.2, 0.25) is 10.0 Å². The van der Waals surface area contributed by atoms with Crippen LogP contribution in [0, 0.1) is 6.92 Å². The summed E-state index contributed by atoms with van der Waals surface area (Å²) < 4.78 is 29.8. The average Bonchev–Trinajstić information content (AvgIpc) is 3.00. The molecule has 26 heavy (non-hydrogen) atoms. The lowest BCUT2D eigenvalue weighted by Crippen LogP contribution is -2.46. The van der Waals surface area contributed by atoms with Crippen LogP contribution in [0.5, 0.6) is 0 Å². The Labute approximate surface area is 154 Å². The number of nitrogens with zero attached hydrogens (tertiary/aromatic N) is 3. The van der Waals surface area contributed by atoms with Gasteiger partial charge in [0, 0.05) is 18.0 Å². The first kappa shape index (κ1) is 19.0. The van der Waals surface area contributed by atoms with E-state index in [2.05, 4.69) is 14.8 Å². The zero-order valence-corrected chi connectivity index (χ0v) is 16.1. The number of aromatic nitrogens is 3. The van der Waals surface area contributed by atoms with E-state index in [-0.39, 0.29) is 16.9 Å². The van der Waals surface area contributed by atoms with Gasteiger partial charge in [0.15, 0.2) is 0 Å². The maximum Gasteiger partial charge on any atom is 0.240 e. The number of rotatable bonds is 5. The first-order valence-electron chi connectivity index (χ1n) is 8.96. The molecule has 0 bridgehead atoms. The largest absolute Gasteiger partial charge is 0.391 e. The topological polar surface area (TPSA) is 97.1 Å². The Morgan fingerprint density at radius 1 is 1.23 bits per heavy atom. The minimum absolute atomic E-state index is 0.0606. The number of sulfonamides is 1. The summed E-state index contributed by atoms with van der Waals surface area (Å²) in [5, 5.41) is 14.8. The zero-order chi connectivity index (χ0) is 18.9. The highest BCUT2D eigenvalue weighted by Gasteiger charge is 2.35. The minimum Gasteiger partial charge on any atom is -0.391 e.